The number of benzene rings is 2. The molecule has 0 spiro atoms. The van der Waals surface area contributed by atoms with Crippen LogP contribution >= 0.6 is 11.6 Å². The van der Waals surface area contributed by atoms with Crippen LogP contribution in [0.2, 0.25) is 5.02 Å². The number of carbonyl (C=O) groups is 1. The summed E-state index contributed by atoms with van der Waals surface area (Å²) in [4.78, 5) is 17.2. The van der Waals surface area contributed by atoms with E-state index in [2.05, 4.69) is 50.9 Å². The molecular weight excluding hydrogens is 490 g/mol. The second kappa shape index (κ2) is 10.1. The van der Waals surface area contributed by atoms with E-state index in [0.717, 1.165) is 36.7 Å². The molecule has 1 amide bonds. The number of ether oxygens (including phenoxy) is 2. The minimum absolute atomic E-state index is 0.0488. The van der Waals surface area contributed by atoms with Crippen LogP contribution in [0.15, 0.2) is 48.5 Å². The van der Waals surface area contributed by atoms with Crippen molar-refractivity contribution in [1.82, 2.24) is 19.7 Å². The van der Waals surface area contributed by atoms with Crippen molar-refractivity contribution < 1.29 is 14.3 Å². The first-order chi connectivity index (χ1) is 18.0. The van der Waals surface area contributed by atoms with E-state index >= 15 is 0 Å². The zero-order valence-electron chi connectivity index (χ0n) is 21.1. The Kier molecular flexibility index (Phi) is 6.65. The minimum atomic E-state index is -0.260. The average Bonchev–Trinajstić information content (AvgIpc) is 3.58. The van der Waals surface area contributed by atoms with Crippen LogP contribution in [-0.2, 0) is 32.8 Å². The number of carbonyl (C=O) groups excluding carboxylic acids is 1. The molecule has 0 radical (unpaired) electrons. The lowest BCUT2D eigenvalue weighted by Crippen LogP contribution is -2.50. The minimum Gasteiger partial charge on any atom is -0.376 e. The van der Waals surface area contributed by atoms with Crippen LogP contribution < -0.4 is 4.90 Å². The molecule has 3 fully saturated rings. The van der Waals surface area contributed by atoms with Crippen molar-refractivity contribution >= 4 is 23.5 Å². The van der Waals surface area contributed by atoms with Crippen LogP contribution in [-0.4, -0.2) is 65.0 Å². The molecule has 37 heavy (non-hydrogen) atoms. The van der Waals surface area contributed by atoms with Crippen LogP contribution in [0, 0.1) is 6.92 Å². The fraction of sp³-hybridized carbons (Fsp3) is 0.464. The third-order valence-corrected chi connectivity index (χ3v) is 8.03. The number of anilines is 1. The number of aryl methyl sites for hydroxylation is 1. The van der Waals surface area contributed by atoms with E-state index < -0.39 is 0 Å². The second-order valence-electron chi connectivity index (χ2n) is 10.3. The molecule has 194 valence electrons. The van der Waals surface area contributed by atoms with Gasteiger partial charge in [-0.2, -0.15) is 0 Å². The Morgan fingerprint density at radius 3 is 2.57 bits per heavy atom. The molecule has 3 aliphatic rings. The lowest BCUT2D eigenvalue weighted by Gasteiger charge is -2.35. The predicted octanol–water partition coefficient (Wildman–Crippen LogP) is 3.91. The molecule has 1 atom stereocenters. The number of halogens is 1. The molecule has 0 N–H and O–H groups in total. The number of hydrogen-bond acceptors (Lipinski definition) is 6. The first-order valence-corrected chi connectivity index (χ1v) is 13.4. The van der Waals surface area contributed by atoms with E-state index in [1.807, 2.05) is 29.2 Å². The summed E-state index contributed by atoms with van der Waals surface area (Å²) in [6.07, 6.45) is 1.97. The van der Waals surface area contributed by atoms with Crippen molar-refractivity contribution in [3.05, 3.63) is 76.1 Å². The highest BCUT2D eigenvalue weighted by Gasteiger charge is 2.47. The van der Waals surface area contributed by atoms with E-state index in [0.29, 0.717) is 44.5 Å². The first-order valence-electron chi connectivity index (χ1n) is 13.0. The van der Waals surface area contributed by atoms with Gasteiger partial charge in [0.15, 0.2) is 5.82 Å². The van der Waals surface area contributed by atoms with Gasteiger partial charge in [-0.1, -0.05) is 48.0 Å². The van der Waals surface area contributed by atoms with Crippen molar-refractivity contribution in [1.29, 1.82) is 0 Å². The number of amides is 1. The van der Waals surface area contributed by atoms with Crippen LogP contribution in [0.25, 0.3) is 0 Å². The Bertz CT molecular complexity index is 1270. The topological polar surface area (TPSA) is 72.7 Å². The lowest BCUT2D eigenvalue weighted by atomic mass is 9.91. The van der Waals surface area contributed by atoms with Crippen molar-refractivity contribution in [2.75, 3.05) is 44.4 Å². The van der Waals surface area contributed by atoms with Crippen molar-refractivity contribution in [2.45, 2.75) is 44.4 Å². The highest BCUT2D eigenvalue weighted by Crippen LogP contribution is 2.51. The highest BCUT2D eigenvalue weighted by molar-refractivity contribution is 6.30. The molecule has 0 bridgehead atoms. The number of hydrogen-bond donors (Lipinski definition) is 0. The summed E-state index contributed by atoms with van der Waals surface area (Å²) in [5.74, 6) is 1.60. The predicted molar refractivity (Wildman–Crippen MR) is 141 cm³/mol. The summed E-state index contributed by atoms with van der Waals surface area (Å²) in [6, 6.07) is 16.3. The average molecular weight is 522 g/mol. The zero-order chi connectivity index (χ0) is 25.4. The number of aromatic nitrogens is 3. The molecule has 1 unspecified atom stereocenters. The SMILES string of the molecule is Cc1ccccc1C1(Cn2c(C3COCCO3)nnc2N2CCN(Cc3ccc(Cl)cc3)C(=O)C2)CC1. The van der Waals surface area contributed by atoms with Crippen LogP contribution in [0.1, 0.15) is 41.5 Å². The van der Waals surface area contributed by atoms with Gasteiger partial charge >= 0.3 is 0 Å². The van der Waals surface area contributed by atoms with Gasteiger partial charge in [0.25, 0.3) is 0 Å². The van der Waals surface area contributed by atoms with E-state index in [1.54, 1.807) is 0 Å². The van der Waals surface area contributed by atoms with Crippen LogP contribution in [0.4, 0.5) is 5.95 Å². The maximum atomic E-state index is 13.2. The third kappa shape index (κ3) is 4.98. The summed E-state index contributed by atoms with van der Waals surface area (Å²) in [5.41, 5.74) is 3.80. The Morgan fingerprint density at radius 2 is 1.86 bits per heavy atom. The maximum absolute atomic E-state index is 13.2. The Hall–Kier alpha value is -2.94. The Balaban J connectivity index is 1.26. The monoisotopic (exact) mass is 521 g/mol. The largest absolute Gasteiger partial charge is 0.376 e. The van der Waals surface area contributed by atoms with Gasteiger partial charge in [-0.05, 0) is 48.6 Å². The molecule has 9 heteroatoms. The van der Waals surface area contributed by atoms with E-state index in [-0.39, 0.29) is 24.0 Å². The summed E-state index contributed by atoms with van der Waals surface area (Å²) in [7, 11) is 0. The molecule has 2 saturated heterocycles. The summed E-state index contributed by atoms with van der Waals surface area (Å²) in [6.45, 7) is 6.69. The van der Waals surface area contributed by atoms with Crippen molar-refractivity contribution in [2.24, 2.45) is 0 Å². The number of piperazine rings is 1. The third-order valence-electron chi connectivity index (χ3n) is 7.78. The van der Waals surface area contributed by atoms with Gasteiger partial charge in [0, 0.05) is 36.6 Å². The van der Waals surface area contributed by atoms with Gasteiger partial charge in [0.1, 0.15) is 6.10 Å². The first kappa shape index (κ1) is 24.4. The van der Waals surface area contributed by atoms with Crippen LogP contribution in [0.3, 0.4) is 0 Å². The molecular formula is C28H32ClN5O3. The normalized spacial score (nSPS) is 21.4. The fourth-order valence-corrected chi connectivity index (χ4v) is 5.68. The Labute approximate surface area is 222 Å². The van der Waals surface area contributed by atoms with Crippen molar-refractivity contribution in [3.8, 4) is 0 Å². The summed E-state index contributed by atoms with van der Waals surface area (Å²) >= 11 is 6.02. The molecule has 8 nitrogen and oxygen atoms in total. The van der Waals surface area contributed by atoms with E-state index in [1.165, 1.54) is 11.1 Å². The molecule has 1 aromatic heterocycles. The fourth-order valence-electron chi connectivity index (χ4n) is 5.56. The van der Waals surface area contributed by atoms with Gasteiger partial charge in [-0.15, -0.1) is 10.2 Å². The summed E-state index contributed by atoms with van der Waals surface area (Å²) < 4.78 is 13.9. The van der Waals surface area contributed by atoms with E-state index in [9.17, 15) is 4.79 Å². The second-order valence-corrected chi connectivity index (χ2v) is 10.8. The van der Waals surface area contributed by atoms with E-state index in [4.69, 9.17) is 21.1 Å². The smallest absolute Gasteiger partial charge is 0.242 e. The summed E-state index contributed by atoms with van der Waals surface area (Å²) in [5, 5.41) is 9.90. The standard InChI is InChI=1S/C28H32ClN5O3/c1-20-4-2-3-5-23(20)28(10-11-28)19-34-26(24-18-36-14-15-37-24)30-31-27(34)33-13-12-32(25(35)17-33)16-21-6-8-22(29)9-7-21/h2-9,24H,10-19H2,1H3. The molecule has 6 rings (SSSR count). The zero-order valence-corrected chi connectivity index (χ0v) is 21.9. The molecule has 2 aliphatic heterocycles. The van der Waals surface area contributed by atoms with Gasteiger partial charge < -0.3 is 19.3 Å². The Morgan fingerprint density at radius 1 is 1.05 bits per heavy atom. The highest BCUT2D eigenvalue weighted by atomic mass is 35.5. The lowest BCUT2D eigenvalue weighted by molar-refractivity contribution is -0.131. The van der Waals surface area contributed by atoms with Gasteiger partial charge in [-0.25, -0.2) is 0 Å². The number of rotatable bonds is 7. The molecule has 1 aliphatic carbocycles. The molecule has 3 aromatic rings. The quantitative estimate of drug-likeness (QED) is 0.469. The van der Waals surface area contributed by atoms with Crippen molar-refractivity contribution in [3.63, 3.8) is 0 Å². The van der Waals surface area contributed by atoms with Gasteiger partial charge in [0.05, 0.1) is 26.4 Å². The number of nitrogens with zero attached hydrogens (tertiary/aromatic N) is 5. The molecule has 2 aromatic carbocycles. The maximum Gasteiger partial charge on any atom is 0.242 e. The molecule has 1 saturated carbocycles. The van der Waals surface area contributed by atoms with Gasteiger partial charge in [0.2, 0.25) is 11.9 Å². The molecule has 3 heterocycles. The van der Waals surface area contributed by atoms with Crippen LogP contribution in [0.5, 0.6) is 0 Å². The van der Waals surface area contributed by atoms with Gasteiger partial charge in [-0.3, -0.25) is 9.36 Å².